The molecule has 3 rings (SSSR count). The van der Waals surface area contributed by atoms with Gasteiger partial charge in [-0.2, -0.15) is 0 Å². The molecule has 0 saturated heterocycles. The first-order valence-electron chi connectivity index (χ1n) is 6.40. The van der Waals surface area contributed by atoms with Crippen LogP contribution in [0.3, 0.4) is 0 Å². The Hall–Kier alpha value is -2.32. The second kappa shape index (κ2) is 12.4. The summed E-state index contributed by atoms with van der Waals surface area (Å²) in [5.74, 6) is 0.965. The molecule has 0 aliphatic rings. The summed E-state index contributed by atoms with van der Waals surface area (Å²) in [5.41, 5.74) is 0. The van der Waals surface area contributed by atoms with Crippen molar-refractivity contribution in [1.82, 2.24) is 0 Å². The molecule has 0 aliphatic carbocycles. The fraction of sp³-hybridized carbons (Fsp3) is 0. The van der Waals surface area contributed by atoms with Gasteiger partial charge in [0.25, 0.3) is 0 Å². The second-order valence-electron chi connectivity index (χ2n) is 4.01. The van der Waals surface area contributed by atoms with Crippen molar-refractivity contribution >= 4 is 0 Å². The summed E-state index contributed by atoms with van der Waals surface area (Å²) in [4.78, 5) is 0. The maximum Gasteiger partial charge on any atom is 0.115 e. The standard InChI is InChI=1S/3C6H6O.Rh/c3*7-6-4-2-1-3-5-6;/h3*1-5,7H;. The van der Waals surface area contributed by atoms with Crippen LogP contribution < -0.4 is 0 Å². The number of hydrogen-bond donors (Lipinski definition) is 3. The number of rotatable bonds is 0. The van der Waals surface area contributed by atoms with Crippen LogP contribution in [-0.2, 0) is 19.5 Å². The summed E-state index contributed by atoms with van der Waals surface area (Å²) in [7, 11) is 0. The molecule has 3 aromatic rings. The van der Waals surface area contributed by atoms with Crippen LogP contribution in [-0.4, -0.2) is 15.3 Å². The van der Waals surface area contributed by atoms with Crippen LogP contribution in [0.25, 0.3) is 0 Å². The van der Waals surface area contributed by atoms with Gasteiger partial charge in [-0.05, 0) is 36.4 Å². The zero-order chi connectivity index (χ0) is 15.3. The van der Waals surface area contributed by atoms with Gasteiger partial charge in [-0.3, -0.25) is 0 Å². The SMILES string of the molecule is Oc1ccccc1.Oc1ccccc1.Oc1ccccc1.[Rh]. The topological polar surface area (TPSA) is 60.7 Å². The molecule has 0 heterocycles. The largest absolute Gasteiger partial charge is 0.508 e. The Bertz CT molecular complexity index is 497. The van der Waals surface area contributed by atoms with E-state index in [0.29, 0.717) is 17.2 Å². The second-order valence-corrected chi connectivity index (χ2v) is 4.01. The van der Waals surface area contributed by atoms with E-state index in [1.165, 1.54) is 0 Å². The Labute approximate surface area is 143 Å². The number of phenols is 3. The molecule has 3 N–H and O–H groups in total. The molecule has 0 aliphatic heterocycles. The van der Waals surface area contributed by atoms with Crippen LogP contribution in [0.1, 0.15) is 0 Å². The van der Waals surface area contributed by atoms with E-state index >= 15 is 0 Å². The van der Waals surface area contributed by atoms with Gasteiger partial charge in [0, 0.05) is 19.5 Å². The van der Waals surface area contributed by atoms with E-state index in [4.69, 9.17) is 15.3 Å². The van der Waals surface area contributed by atoms with Gasteiger partial charge >= 0.3 is 0 Å². The van der Waals surface area contributed by atoms with Crippen LogP contribution in [0.2, 0.25) is 0 Å². The van der Waals surface area contributed by atoms with Crippen LogP contribution in [0.4, 0.5) is 0 Å². The monoisotopic (exact) mass is 385 g/mol. The van der Waals surface area contributed by atoms with Gasteiger partial charge < -0.3 is 15.3 Å². The minimum Gasteiger partial charge on any atom is -0.508 e. The van der Waals surface area contributed by atoms with Crippen molar-refractivity contribution in [3.63, 3.8) is 0 Å². The van der Waals surface area contributed by atoms with E-state index < -0.39 is 0 Å². The third-order valence-corrected chi connectivity index (χ3v) is 2.27. The zero-order valence-corrected chi connectivity index (χ0v) is 13.5. The third kappa shape index (κ3) is 10.5. The van der Waals surface area contributed by atoms with Crippen molar-refractivity contribution < 1.29 is 34.8 Å². The summed E-state index contributed by atoms with van der Waals surface area (Å²) in [6.45, 7) is 0. The van der Waals surface area contributed by atoms with Crippen molar-refractivity contribution in [2.75, 3.05) is 0 Å². The van der Waals surface area contributed by atoms with Crippen molar-refractivity contribution in [2.45, 2.75) is 0 Å². The molecule has 0 fully saturated rings. The number of para-hydroxylation sites is 3. The molecule has 0 aromatic heterocycles. The molecular formula is C18H18O3Rh. The number of hydrogen-bond acceptors (Lipinski definition) is 3. The molecular weight excluding hydrogens is 367 g/mol. The van der Waals surface area contributed by atoms with Crippen LogP contribution in [0, 0.1) is 0 Å². The molecule has 117 valence electrons. The zero-order valence-electron chi connectivity index (χ0n) is 11.8. The molecule has 3 aromatic carbocycles. The molecule has 0 unspecified atom stereocenters. The summed E-state index contributed by atoms with van der Waals surface area (Å²) < 4.78 is 0. The minimum atomic E-state index is 0. The van der Waals surface area contributed by atoms with Crippen molar-refractivity contribution in [1.29, 1.82) is 0 Å². The maximum atomic E-state index is 8.63. The summed E-state index contributed by atoms with van der Waals surface area (Å²) >= 11 is 0. The van der Waals surface area contributed by atoms with E-state index in [2.05, 4.69) is 0 Å². The van der Waals surface area contributed by atoms with E-state index in [9.17, 15) is 0 Å². The van der Waals surface area contributed by atoms with E-state index in [1.807, 2.05) is 18.2 Å². The van der Waals surface area contributed by atoms with Crippen LogP contribution >= 0.6 is 0 Å². The Morgan fingerprint density at radius 1 is 0.364 bits per heavy atom. The molecule has 0 amide bonds. The fourth-order valence-electron chi connectivity index (χ4n) is 1.28. The smallest absolute Gasteiger partial charge is 0.115 e. The van der Waals surface area contributed by atoms with Crippen molar-refractivity contribution in [3.05, 3.63) is 91.0 Å². The molecule has 0 atom stereocenters. The van der Waals surface area contributed by atoms with Crippen molar-refractivity contribution in [3.8, 4) is 17.2 Å². The van der Waals surface area contributed by atoms with Crippen LogP contribution in [0.5, 0.6) is 17.2 Å². The molecule has 1 radical (unpaired) electrons. The molecule has 4 heteroatoms. The van der Waals surface area contributed by atoms with Gasteiger partial charge in [-0.1, -0.05) is 54.6 Å². The molecule has 0 saturated carbocycles. The Morgan fingerprint density at radius 2 is 0.545 bits per heavy atom. The average molecular weight is 385 g/mol. The van der Waals surface area contributed by atoms with Gasteiger partial charge in [0.1, 0.15) is 17.2 Å². The van der Waals surface area contributed by atoms with Gasteiger partial charge in [0.2, 0.25) is 0 Å². The van der Waals surface area contributed by atoms with Gasteiger partial charge in [-0.25, -0.2) is 0 Å². The van der Waals surface area contributed by atoms with Gasteiger partial charge in [0.05, 0.1) is 0 Å². The van der Waals surface area contributed by atoms with Crippen molar-refractivity contribution in [2.24, 2.45) is 0 Å². The summed E-state index contributed by atoms with van der Waals surface area (Å²) in [6, 6.07) is 26.1. The van der Waals surface area contributed by atoms with Gasteiger partial charge in [-0.15, -0.1) is 0 Å². The molecule has 0 bridgehead atoms. The predicted molar refractivity (Wildman–Crippen MR) is 84.3 cm³/mol. The fourth-order valence-corrected chi connectivity index (χ4v) is 1.28. The maximum absolute atomic E-state index is 8.63. The summed E-state index contributed by atoms with van der Waals surface area (Å²) in [5, 5.41) is 25.9. The number of phenolic OH excluding ortho intramolecular Hbond substituents is 3. The van der Waals surface area contributed by atoms with Crippen LogP contribution in [0.15, 0.2) is 91.0 Å². The average Bonchev–Trinajstić information content (AvgIpc) is 2.51. The van der Waals surface area contributed by atoms with E-state index in [1.54, 1.807) is 72.8 Å². The third-order valence-electron chi connectivity index (χ3n) is 2.27. The molecule has 3 nitrogen and oxygen atoms in total. The number of aromatic hydroxyl groups is 3. The Balaban J connectivity index is 0.000000294. The first-order chi connectivity index (χ1) is 10.2. The first-order valence-corrected chi connectivity index (χ1v) is 6.40. The predicted octanol–water partition coefficient (Wildman–Crippen LogP) is 4.17. The number of benzene rings is 3. The Kier molecular flexibility index (Phi) is 11.1. The summed E-state index contributed by atoms with van der Waals surface area (Å²) in [6.07, 6.45) is 0. The van der Waals surface area contributed by atoms with Gasteiger partial charge in [0.15, 0.2) is 0 Å². The molecule has 22 heavy (non-hydrogen) atoms. The molecule has 0 spiro atoms. The Morgan fingerprint density at radius 3 is 0.636 bits per heavy atom. The quantitative estimate of drug-likeness (QED) is 0.509. The van der Waals surface area contributed by atoms with E-state index in [-0.39, 0.29) is 19.5 Å². The first kappa shape index (κ1) is 19.7. The van der Waals surface area contributed by atoms with E-state index in [0.717, 1.165) is 0 Å². The normalized spacial score (nSPS) is 8.18. The minimum absolute atomic E-state index is 0.